The summed E-state index contributed by atoms with van der Waals surface area (Å²) in [5, 5.41) is 3.29. The van der Waals surface area contributed by atoms with Crippen molar-refractivity contribution in [2.75, 3.05) is 26.3 Å². The van der Waals surface area contributed by atoms with Crippen LogP contribution in [0, 0.1) is 0 Å². The van der Waals surface area contributed by atoms with Crippen molar-refractivity contribution in [2.24, 2.45) is 0 Å². The number of morpholine rings is 1. The van der Waals surface area contributed by atoms with E-state index in [1.54, 1.807) is 0 Å². The van der Waals surface area contributed by atoms with Gasteiger partial charge >= 0.3 is 0 Å². The molecule has 0 saturated carbocycles. The van der Waals surface area contributed by atoms with Gasteiger partial charge in [0.15, 0.2) is 0 Å². The van der Waals surface area contributed by atoms with Crippen LogP contribution in [-0.2, 0) is 9.47 Å². The van der Waals surface area contributed by atoms with Crippen LogP contribution in [0.25, 0.3) is 0 Å². The maximum absolute atomic E-state index is 5.46. The molecule has 2 fully saturated rings. The van der Waals surface area contributed by atoms with Crippen LogP contribution in [0.2, 0.25) is 0 Å². The van der Waals surface area contributed by atoms with Gasteiger partial charge in [-0.2, -0.15) is 0 Å². The van der Waals surface area contributed by atoms with Crippen LogP contribution in [-0.4, -0.2) is 38.5 Å². The lowest BCUT2D eigenvalue weighted by atomic mass is 10.2. The van der Waals surface area contributed by atoms with E-state index in [1.165, 1.54) is 12.8 Å². The molecule has 3 nitrogen and oxygen atoms in total. The van der Waals surface area contributed by atoms with Gasteiger partial charge in [-0.1, -0.05) is 13.3 Å². The van der Waals surface area contributed by atoms with E-state index in [9.17, 15) is 0 Å². The molecular formula is C10H21NO2. The number of ether oxygens (including phenoxy) is 2. The standard InChI is InChI=1S/C7H15NO.C3H6O/c1-2-3-7-6-8-4-5-9-7;1-3-2-4-3/h7-8H,2-6H2,1H3;3H,2H2,1H3. The first-order valence-electron chi connectivity index (χ1n) is 5.27. The van der Waals surface area contributed by atoms with E-state index in [0.717, 1.165) is 26.3 Å². The van der Waals surface area contributed by atoms with Crippen molar-refractivity contribution < 1.29 is 9.47 Å². The number of hydrogen-bond acceptors (Lipinski definition) is 3. The summed E-state index contributed by atoms with van der Waals surface area (Å²) in [5.74, 6) is 0. The summed E-state index contributed by atoms with van der Waals surface area (Å²) in [6, 6.07) is 0. The summed E-state index contributed by atoms with van der Waals surface area (Å²) in [6.07, 6.45) is 3.50. The normalized spacial score (nSPS) is 31.8. The highest BCUT2D eigenvalue weighted by atomic mass is 16.6. The molecule has 2 unspecified atom stereocenters. The third-order valence-corrected chi connectivity index (χ3v) is 2.12. The molecule has 0 radical (unpaired) electrons. The predicted molar refractivity (Wildman–Crippen MR) is 52.9 cm³/mol. The van der Waals surface area contributed by atoms with Gasteiger partial charge in [0.05, 0.1) is 25.4 Å². The van der Waals surface area contributed by atoms with Crippen molar-refractivity contribution >= 4 is 0 Å². The smallest absolute Gasteiger partial charge is 0.0781 e. The van der Waals surface area contributed by atoms with Crippen LogP contribution in [0.1, 0.15) is 26.7 Å². The highest BCUT2D eigenvalue weighted by Crippen LogP contribution is 2.04. The van der Waals surface area contributed by atoms with Gasteiger partial charge in [-0.3, -0.25) is 0 Å². The van der Waals surface area contributed by atoms with E-state index in [0.29, 0.717) is 12.2 Å². The molecule has 2 atom stereocenters. The zero-order chi connectivity index (χ0) is 9.52. The van der Waals surface area contributed by atoms with Gasteiger partial charge in [-0.25, -0.2) is 0 Å². The largest absolute Gasteiger partial charge is 0.376 e. The van der Waals surface area contributed by atoms with Gasteiger partial charge in [0.2, 0.25) is 0 Å². The monoisotopic (exact) mass is 187 g/mol. The first-order valence-corrected chi connectivity index (χ1v) is 5.27. The van der Waals surface area contributed by atoms with Gasteiger partial charge in [0.1, 0.15) is 0 Å². The SMILES string of the molecule is CC1CO1.CCCC1CNCCO1. The minimum atomic E-state index is 0.490. The predicted octanol–water partition coefficient (Wildman–Crippen LogP) is 1.18. The lowest BCUT2D eigenvalue weighted by Gasteiger charge is -2.22. The molecule has 1 N–H and O–H groups in total. The minimum Gasteiger partial charge on any atom is -0.376 e. The molecule has 0 aromatic rings. The van der Waals surface area contributed by atoms with Crippen molar-refractivity contribution in [1.82, 2.24) is 5.32 Å². The van der Waals surface area contributed by atoms with Crippen LogP contribution in [0.15, 0.2) is 0 Å². The Morgan fingerprint density at radius 1 is 1.38 bits per heavy atom. The van der Waals surface area contributed by atoms with Crippen molar-refractivity contribution in [2.45, 2.75) is 38.9 Å². The van der Waals surface area contributed by atoms with Crippen molar-refractivity contribution in [1.29, 1.82) is 0 Å². The fourth-order valence-corrected chi connectivity index (χ4v) is 1.22. The molecule has 0 aromatic heterocycles. The number of hydrogen-bond donors (Lipinski definition) is 1. The van der Waals surface area contributed by atoms with Crippen LogP contribution < -0.4 is 5.32 Å². The van der Waals surface area contributed by atoms with Gasteiger partial charge in [0.25, 0.3) is 0 Å². The second-order valence-corrected chi connectivity index (χ2v) is 3.63. The number of nitrogens with one attached hydrogen (secondary N) is 1. The molecule has 0 bridgehead atoms. The summed E-state index contributed by atoms with van der Waals surface area (Å²) >= 11 is 0. The Hall–Kier alpha value is -0.120. The Morgan fingerprint density at radius 2 is 2.08 bits per heavy atom. The van der Waals surface area contributed by atoms with Crippen molar-refractivity contribution in [3.8, 4) is 0 Å². The summed E-state index contributed by atoms with van der Waals surface area (Å²) in [5.41, 5.74) is 0. The topological polar surface area (TPSA) is 33.8 Å². The maximum Gasteiger partial charge on any atom is 0.0781 e. The highest BCUT2D eigenvalue weighted by molar-refractivity contribution is 4.65. The molecule has 0 aromatic carbocycles. The Balaban J connectivity index is 0.000000175. The molecule has 0 amide bonds. The van der Waals surface area contributed by atoms with E-state index in [-0.39, 0.29) is 0 Å². The third kappa shape index (κ3) is 6.02. The first kappa shape index (κ1) is 11.0. The molecule has 78 valence electrons. The molecule has 13 heavy (non-hydrogen) atoms. The lowest BCUT2D eigenvalue weighted by Crippen LogP contribution is -2.38. The van der Waals surface area contributed by atoms with Crippen molar-refractivity contribution in [3.63, 3.8) is 0 Å². The second-order valence-electron chi connectivity index (χ2n) is 3.63. The molecular weight excluding hydrogens is 166 g/mol. The minimum absolute atomic E-state index is 0.490. The maximum atomic E-state index is 5.46. The third-order valence-electron chi connectivity index (χ3n) is 2.12. The van der Waals surface area contributed by atoms with E-state index >= 15 is 0 Å². The van der Waals surface area contributed by atoms with Gasteiger partial charge < -0.3 is 14.8 Å². The van der Waals surface area contributed by atoms with Gasteiger partial charge in [-0.05, 0) is 13.3 Å². The quantitative estimate of drug-likeness (QED) is 0.659. The number of rotatable bonds is 2. The summed E-state index contributed by atoms with van der Waals surface area (Å²) < 4.78 is 10.2. The zero-order valence-corrected chi connectivity index (χ0v) is 8.71. The van der Waals surface area contributed by atoms with E-state index < -0.39 is 0 Å². The van der Waals surface area contributed by atoms with Crippen LogP contribution in [0.5, 0.6) is 0 Å². The van der Waals surface area contributed by atoms with Gasteiger partial charge in [0, 0.05) is 13.1 Å². The molecule has 2 rings (SSSR count). The molecule has 0 spiro atoms. The Kier molecular flexibility index (Phi) is 5.35. The highest BCUT2D eigenvalue weighted by Gasteiger charge is 2.13. The molecule has 2 heterocycles. The first-order chi connectivity index (χ1) is 6.33. The molecule has 2 saturated heterocycles. The summed E-state index contributed by atoms with van der Waals surface area (Å²) in [6.45, 7) is 8.21. The average Bonchev–Trinajstić information content (AvgIpc) is 2.91. The Morgan fingerprint density at radius 3 is 2.46 bits per heavy atom. The molecule has 2 aliphatic heterocycles. The lowest BCUT2D eigenvalue weighted by molar-refractivity contribution is 0.0232. The average molecular weight is 187 g/mol. The fourth-order valence-electron chi connectivity index (χ4n) is 1.22. The van der Waals surface area contributed by atoms with Crippen LogP contribution in [0.4, 0.5) is 0 Å². The summed E-state index contributed by atoms with van der Waals surface area (Å²) in [4.78, 5) is 0. The molecule has 0 aliphatic carbocycles. The van der Waals surface area contributed by atoms with E-state index in [1.807, 2.05) is 0 Å². The number of epoxide rings is 1. The Labute approximate surface area is 80.8 Å². The zero-order valence-electron chi connectivity index (χ0n) is 8.71. The van der Waals surface area contributed by atoms with E-state index in [4.69, 9.17) is 9.47 Å². The molecule has 3 heteroatoms. The summed E-state index contributed by atoms with van der Waals surface area (Å²) in [7, 11) is 0. The fraction of sp³-hybridized carbons (Fsp3) is 1.00. The van der Waals surface area contributed by atoms with Crippen molar-refractivity contribution in [3.05, 3.63) is 0 Å². The van der Waals surface area contributed by atoms with E-state index in [2.05, 4.69) is 19.2 Å². The second kappa shape index (κ2) is 6.35. The Bertz CT molecular complexity index is 117. The van der Waals surface area contributed by atoms with Crippen LogP contribution in [0.3, 0.4) is 0 Å². The van der Waals surface area contributed by atoms with Crippen LogP contribution >= 0.6 is 0 Å². The molecule has 2 aliphatic rings. The van der Waals surface area contributed by atoms with Gasteiger partial charge in [-0.15, -0.1) is 0 Å².